The van der Waals surface area contributed by atoms with E-state index in [9.17, 15) is 57.7 Å². The number of amides is 15. The molecule has 19 N–H and O–H groups in total. The molecule has 5 aromatic carbocycles. The lowest BCUT2D eigenvalue weighted by Gasteiger charge is -2.38. The van der Waals surface area contributed by atoms with E-state index < -0.39 is 258 Å². The molecule has 0 saturated carbocycles. The second kappa shape index (κ2) is 49.6. The van der Waals surface area contributed by atoms with Gasteiger partial charge >= 0.3 is 5.97 Å². The number of carbonyl (C=O) groups is 16. The van der Waals surface area contributed by atoms with Crippen LogP contribution in [-0.4, -0.2) is 289 Å². The van der Waals surface area contributed by atoms with Gasteiger partial charge in [-0.3, -0.25) is 76.7 Å². The van der Waals surface area contributed by atoms with Crippen molar-refractivity contribution in [3.63, 3.8) is 0 Å². The maximum Gasteiger partial charge on any atom is 0.305 e. The quantitative estimate of drug-likeness (QED) is 0.0272. The minimum Gasteiger partial charge on any atom is -0.508 e. The number of unbranched alkanes of at least 4 members (excludes halogenated alkanes) is 1. The van der Waals surface area contributed by atoms with Crippen LogP contribution in [0.15, 0.2) is 121 Å². The number of phenols is 1. The van der Waals surface area contributed by atoms with Crippen LogP contribution < -0.4 is 65.1 Å². The number of nitrogens with one attached hydrogen (secondary N) is 10. The topological polar surface area (TPSA) is 552 Å². The SMILES string of the molecule is CCCC[C@H]1C(=O)N2C[C@@H](O)C[C@@H]2C(=O)N[C@@H](CC(=O)O)C(=O)N[C@@H](C(C)C)C(=O)N(C)[C@H](Cc2ccc(F)cc2)C(=O)N[C@@H](CCCN)C(=O)N2CCC[C@@H]2C(=O)N[C@@H](Cc2c[nH]c3ccccc23)C(=O)N[C@@H](Cc2ccc(O)cc2)C(=O)N[C@H](CCCN)C(=O)N[C@H](C(=O)NCC(N)=O)CSCC(=O)N[C@H](Cc2cc(F)c(F)c(F)c2)C(=O)N(C)[C@@H](Cc2ccccc2)C(=O)N1C. The number of fused-ring (bicyclic) bond motifs is 3. The Kier molecular flexibility index (Phi) is 38.7. The third-order valence-corrected chi connectivity index (χ3v) is 24.8. The number of para-hydroxylation sites is 1. The highest BCUT2D eigenvalue weighted by Gasteiger charge is 2.48. The van der Waals surface area contributed by atoms with Crippen LogP contribution in [0.5, 0.6) is 5.75 Å². The summed E-state index contributed by atoms with van der Waals surface area (Å²) in [5.74, 6) is -25.3. The van der Waals surface area contributed by atoms with Crippen molar-refractivity contribution in [2.75, 3.05) is 65.4 Å². The number of rotatable bonds is 25. The molecular weight excluding hydrogens is 1770 g/mol. The minimum atomic E-state index is -2.06. The summed E-state index contributed by atoms with van der Waals surface area (Å²) in [6, 6.07) is 4.83. The van der Waals surface area contributed by atoms with Gasteiger partial charge in [0.2, 0.25) is 88.6 Å². The molecule has 0 radical (unpaired) electrons. The smallest absolute Gasteiger partial charge is 0.305 e. The Balaban J connectivity index is 1.14. The first-order valence-corrected chi connectivity index (χ1v) is 45.5. The van der Waals surface area contributed by atoms with Gasteiger partial charge in [-0.25, -0.2) is 17.6 Å². The van der Waals surface area contributed by atoms with Gasteiger partial charge in [-0.1, -0.05) is 106 Å². The largest absolute Gasteiger partial charge is 0.508 e. The summed E-state index contributed by atoms with van der Waals surface area (Å²) in [6.45, 7) is 3.21. The van der Waals surface area contributed by atoms with Crippen LogP contribution in [-0.2, 0) is 109 Å². The Morgan fingerprint density at radius 3 is 1.72 bits per heavy atom. The number of nitrogens with zero attached hydrogens (tertiary/aromatic N) is 5. The van der Waals surface area contributed by atoms with Crippen LogP contribution in [0, 0.1) is 29.2 Å². The number of carboxylic acids is 1. The van der Waals surface area contributed by atoms with Crippen LogP contribution in [0.4, 0.5) is 17.6 Å². The van der Waals surface area contributed by atoms with Gasteiger partial charge < -0.3 is 110 Å². The minimum absolute atomic E-state index is 0.00612. The summed E-state index contributed by atoms with van der Waals surface area (Å²) < 4.78 is 59.7. The fourth-order valence-electron chi connectivity index (χ4n) is 16.4. The molecule has 14 atom stereocenters. The second-order valence-corrected chi connectivity index (χ2v) is 35.1. The monoisotopic (exact) mass is 1890 g/mol. The number of aliphatic carboxylic acids is 1. The fourth-order valence-corrected chi connectivity index (χ4v) is 17.3. The maximum absolute atomic E-state index is 15.7. The molecule has 3 aliphatic rings. The fraction of sp³-hybridized carbons (Fsp3) is 0.478. The lowest BCUT2D eigenvalue weighted by Crippen LogP contribution is -2.62. The number of phenolic OH excluding ortho intramolecular Hbond substituents is 1. The number of carbonyl (C=O) groups excluding carboxylic acids is 15. The highest BCUT2D eigenvalue weighted by Crippen LogP contribution is 2.29. The van der Waals surface area contributed by atoms with Gasteiger partial charge in [0.05, 0.1) is 24.8 Å². The molecule has 0 spiro atoms. The van der Waals surface area contributed by atoms with Crippen molar-refractivity contribution in [1.82, 2.24) is 77.3 Å². The van der Waals surface area contributed by atoms with E-state index in [1.807, 2.05) is 0 Å². The van der Waals surface area contributed by atoms with Crippen LogP contribution >= 0.6 is 11.8 Å². The molecule has 6 aromatic rings. The van der Waals surface area contributed by atoms with Crippen molar-refractivity contribution in [3.05, 3.63) is 173 Å². The van der Waals surface area contributed by atoms with Crippen molar-refractivity contribution in [1.29, 1.82) is 0 Å². The molecule has 9 rings (SSSR count). The van der Waals surface area contributed by atoms with Gasteiger partial charge in [-0.05, 0) is 134 Å². The number of hydrogen-bond donors (Lipinski definition) is 16. The Morgan fingerprint density at radius 2 is 1.08 bits per heavy atom. The van der Waals surface area contributed by atoms with Gasteiger partial charge in [0.15, 0.2) is 17.5 Å². The highest BCUT2D eigenvalue weighted by molar-refractivity contribution is 8.00. The van der Waals surface area contributed by atoms with E-state index in [0.29, 0.717) is 57.9 Å². The van der Waals surface area contributed by atoms with Crippen molar-refractivity contribution in [3.8, 4) is 5.75 Å². The highest BCUT2D eigenvalue weighted by atomic mass is 32.2. The molecular formula is C92H118F4N18O19S. The molecule has 0 bridgehead atoms. The van der Waals surface area contributed by atoms with E-state index >= 15 is 51.9 Å². The number of aliphatic hydroxyl groups excluding tert-OH is 1. The first kappa shape index (κ1) is 105. The van der Waals surface area contributed by atoms with Crippen LogP contribution in [0.25, 0.3) is 10.9 Å². The number of aromatic nitrogens is 1. The molecule has 3 fully saturated rings. The maximum atomic E-state index is 15.7. The summed E-state index contributed by atoms with van der Waals surface area (Å²) in [7, 11) is 3.58. The van der Waals surface area contributed by atoms with Crippen molar-refractivity contribution < 1.29 is 110 Å². The van der Waals surface area contributed by atoms with Crippen LogP contribution in [0.2, 0.25) is 0 Å². The van der Waals surface area contributed by atoms with Gasteiger partial charge in [-0.15, -0.1) is 11.8 Å². The first-order chi connectivity index (χ1) is 63.8. The number of carboxylic acid groups (broad SMARTS) is 1. The normalized spacial score (nSPS) is 24.0. The third-order valence-electron chi connectivity index (χ3n) is 23.8. The number of thioether (sulfide) groups is 1. The van der Waals surface area contributed by atoms with Crippen molar-refractivity contribution in [2.45, 2.75) is 208 Å². The zero-order valence-corrected chi connectivity index (χ0v) is 76.0. The number of likely N-dealkylation sites (N-methyl/N-ethyl adjacent to an activating group) is 3. The van der Waals surface area contributed by atoms with Gasteiger partial charge in [-0.2, -0.15) is 0 Å². The zero-order valence-electron chi connectivity index (χ0n) is 75.2. The number of aliphatic hydroxyl groups is 1. The average molecular weight is 1890 g/mol. The molecule has 3 saturated heterocycles. The first-order valence-electron chi connectivity index (χ1n) is 44.3. The molecule has 0 unspecified atom stereocenters. The van der Waals surface area contributed by atoms with Crippen LogP contribution in [0.3, 0.4) is 0 Å². The van der Waals surface area contributed by atoms with Gasteiger partial charge in [0.25, 0.3) is 0 Å². The van der Waals surface area contributed by atoms with E-state index in [-0.39, 0.29) is 108 Å². The molecule has 724 valence electrons. The number of aromatic amines is 1. The van der Waals surface area contributed by atoms with Crippen LogP contribution in [0.1, 0.15) is 119 Å². The Morgan fingerprint density at radius 1 is 0.537 bits per heavy atom. The molecule has 37 nitrogen and oxygen atoms in total. The molecule has 3 aliphatic heterocycles. The Bertz CT molecular complexity index is 5180. The summed E-state index contributed by atoms with van der Waals surface area (Å²) in [6.07, 6.45) is -3.35. The van der Waals surface area contributed by atoms with E-state index in [1.54, 1.807) is 67.7 Å². The summed E-state index contributed by atoms with van der Waals surface area (Å²) in [5, 5.41) is 56.0. The molecule has 1 aromatic heterocycles. The van der Waals surface area contributed by atoms with E-state index in [1.165, 1.54) is 69.2 Å². The average Bonchev–Trinajstić information content (AvgIpc) is 1.54. The molecule has 4 heterocycles. The third kappa shape index (κ3) is 28.7. The number of aromatic hydroxyl groups is 1. The number of hydrogen-bond acceptors (Lipinski definition) is 21. The molecule has 15 amide bonds. The Hall–Kier alpha value is -13.1. The summed E-state index contributed by atoms with van der Waals surface area (Å²) in [4.78, 5) is 245. The number of primary amides is 1. The molecule has 134 heavy (non-hydrogen) atoms. The predicted octanol–water partition coefficient (Wildman–Crippen LogP) is 0.402. The summed E-state index contributed by atoms with van der Waals surface area (Å²) in [5.41, 5.74) is 19.2. The van der Waals surface area contributed by atoms with Gasteiger partial charge in [0.1, 0.15) is 90.1 Å². The summed E-state index contributed by atoms with van der Waals surface area (Å²) >= 11 is 0.643. The molecule has 42 heteroatoms. The van der Waals surface area contributed by atoms with E-state index in [0.717, 1.165) is 38.8 Å². The van der Waals surface area contributed by atoms with Crippen molar-refractivity contribution in [2.24, 2.45) is 23.1 Å². The zero-order chi connectivity index (χ0) is 97.9. The van der Waals surface area contributed by atoms with E-state index in [2.05, 4.69) is 52.8 Å². The number of benzene rings is 5. The number of nitrogens with two attached hydrogens (primary N) is 3. The lowest BCUT2D eigenvalue weighted by atomic mass is 9.98. The lowest BCUT2D eigenvalue weighted by molar-refractivity contribution is -0.152. The van der Waals surface area contributed by atoms with Crippen molar-refractivity contribution >= 4 is 117 Å². The number of H-pyrrole nitrogens is 1. The number of halogens is 4. The molecule has 0 aliphatic carbocycles. The Labute approximate surface area is 775 Å². The van der Waals surface area contributed by atoms with Gasteiger partial charge in [0, 0.05) is 95.6 Å². The second-order valence-electron chi connectivity index (χ2n) is 34.0. The van der Waals surface area contributed by atoms with E-state index in [4.69, 9.17) is 17.2 Å². The standard InChI is InChI=1S/C92H118F4N18O19S/c1-7-8-23-71-91(132)114-47-58(116)43-73(114)87(128)107-67(44-77(119)120)84(125)109-79(50(2)3)92(133)111(5)72(40-53-25-29-56(93)30-26-53)86(127)104-64(22-15-34-98)89(130)113-35-16-24-70(113)85(126)106-66(42-55-45-100-62-20-13-12-19-59(55)62)83(124)105-65(38-52-27-31-57(115)32-28-52)82(123)103-63(21-14-33-97)81(122)108-69(80(121)101-46-75(99)117)48-134-49-76(118)102-68(39-54-36-60(94)78(96)61(95)37-54)88(129)112(6)74(90(131)110(71)4)41-51-17-10-9-11-18-51/h9-13,17-20,25-32,36-37,45,50,58,63-74,79,100,115-116H,7-8,14-16,21-24,33-35,38-44,46-49,97-98H2,1-6H3,(H2,99,117)(H,101,121)(H,102,118)(H,103,123)(H,104,127)(H,105,124)(H,106,126)(H,107,128)(H,108,122)(H,109,125)(H,119,120)/t58-,63+,64-,65-,66-,67-,68+,69-,70+,71-,72+,73+,74-,79-/m0/s1. The predicted molar refractivity (Wildman–Crippen MR) is 483 cm³/mol.